The van der Waals surface area contributed by atoms with Crippen LogP contribution in [0.25, 0.3) is 0 Å². The summed E-state index contributed by atoms with van der Waals surface area (Å²) in [4.78, 5) is 24.2. The fourth-order valence-corrected chi connectivity index (χ4v) is 2.57. The highest BCUT2D eigenvalue weighted by molar-refractivity contribution is 5.89. The van der Waals surface area contributed by atoms with Crippen molar-refractivity contribution >= 4 is 11.8 Å². The van der Waals surface area contributed by atoms with Gasteiger partial charge in [-0.15, -0.1) is 0 Å². The van der Waals surface area contributed by atoms with Crippen LogP contribution in [-0.2, 0) is 20.7 Å². The van der Waals surface area contributed by atoms with E-state index in [0.29, 0.717) is 6.42 Å². The number of methoxy groups -OCH3 is 1. The number of hydrogen-bond acceptors (Lipinski definition) is 3. The number of carbonyl (C=O) groups excluding carboxylic acids is 2. The van der Waals surface area contributed by atoms with Gasteiger partial charge >= 0.3 is 0 Å². The van der Waals surface area contributed by atoms with E-state index >= 15 is 0 Å². The second-order valence-electron chi connectivity index (χ2n) is 5.68. The van der Waals surface area contributed by atoms with Gasteiger partial charge in [0.15, 0.2) is 6.10 Å². The summed E-state index contributed by atoms with van der Waals surface area (Å²) < 4.78 is 5.28. The van der Waals surface area contributed by atoms with Crippen molar-refractivity contribution in [1.82, 2.24) is 5.32 Å². The monoisotopic (exact) mass is 326 g/mol. The van der Waals surface area contributed by atoms with Gasteiger partial charge in [0.25, 0.3) is 5.91 Å². The second-order valence-corrected chi connectivity index (χ2v) is 5.68. The van der Waals surface area contributed by atoms with Crippen molar-refractivity contribution in [1.29, 1.82) is 0 Å². The molecule has 24 heavy (non-hydrogen) atoms. The van der Waals surface area contributed by atoms with Gasteiger partial charge in [0.05, 0.1) is 0 Å². The van der Waals surface area contributed by atoms with Gasteiger partial charge in [0, 0.05) is 13.5 Å². The summed E-state index contributed by atoms with van der Waals surface area (Å²) in [5, 5.41) is 2.70. The average molecular weight is 326 g/mol. The van der Waals surface area contributed by atoms with E-state index in [0.717, 1.165) is 16.7 Å². The maximum absolute atomic E-state index is 12.5. The first-order chi connectivity index (χ1) is 11.5. The first kappa shape index (κ1) is 17.7. The molecular formula is C19H22N2O3. The lowest BCUT2D eigenvalue weighted by Gasteiger charge is -2.20. The molecule has 0 heterocycles. The van der Waals surface area contributed by atoms with Crippen molar-refractivity contribution in [3.8, 4) is 0 Å². The Morgan fingerprint density at radius 1 is 1.12 bits per heavy atom. The molecule has 0 aliphatic rings. The number of carbonyl (C=O) groups is 2. The zero-order valence-corrected chi connectivity index (χ0v) is 13.9. The van der Waals surface area contributed by atoms with Gasteiger partial charge in [-0.1, -0.05) is 60.2 Å². The fraction of sp³-hybridized carbons (Fsp3) is 0.263. The lowest BCUT2D eigenvalue weighted by Crippen LogP contribution is -2.47. The number of hydrogen-bond donors (Lipinski definition) is 2. The predicted molar refractivity (Wildman–Crippen MR) is 92.2 cm³/mol. The maximum Gasteiger partial charge on any atom is 0.254 e. The minimum atomic E-state index is -0.791. The lowest BCUT2D eigenvalue weighted by molar-refractivity contribution is -0.134. The molecule has 0 saturated carbocycles. The molecule has 2 atom stereocenters. The molecule has 5 nitrogen and oxygen atoms in total. The van der Waals surface area contributed by atoms with Crippen LogP contribution < -0.4 is 11.1 Å². The molecular weight excluding hydrogens is 304 g/mol. The second kappa shape index (κ2) is 8.26. The number of ether oxygens (including phenoxy) is 1. The standard InChI is InChI=1S/C19H22N2O3/c1-13-7-6-8-14(11-13)12-16(18(20)22)21-19(23)17(24-2)15-9-4-3-5-10-15/h3-11,16-17H,12H2,1-2H3,(H2,20,22)(H,21,23)/t16-,17-/m1/s1. The van der Waals surface area contributed by atoms with Crippen molar-refractivity contribution < 1.29 is 14.3 Å². The molecule has 0 aliphatic heterocycles. The third kappa shape index (κ3) is 4.67. The molecule has 5 heteroatoms. The zero-order chi connectivity index (χ0) is 17.5. The molecule has 0 aliphatic carbocycles. The topological polar surface area (TPSA) is 81.4 Å². The molecule has 0 aromatic heterocycles. The van der Waals surface area contributed by atoms with Crippen LogP contribution in [0.15, 0.2) is 54.6 Å². The van der Waals surface area contributed by atoms with Crippen LogP contribution in [0.2, 0.25) is 0 Å². The summed E-state index contributed by atoms with van der Waals surface area (Å²) in [5.74, 6) is -0.965. The zero-order valence-electron chi connectivity index (χ0n) is 13.9. The average Bonchev–Trinajstić information content (AvgIpc) is 2.56. The van der Waals surface area contributed by atoms with Gasteiger partial charge in [0.2, 0.25) is 5.91 Å². The van der Waals surface area contributed by atoms with Crippen molar-refractivity contribution in [2.45, 2.75) is 25.5 Å². The van der Waals surface area contributed by atoms with E-state index in [9.17, 15) is 9.59 Å². The molecule has 0 radical (unpaired) electrons. The number of amides is 2. The van der Waals surface area contributed by atoms with Crippen molar-refractivity contribution in [3.05, 3.63) is 71.3 Å². The first-order valence-electron chi connectivity index (χ1n) is 7.74. The van der Waals surface area contributed by atoms with Crippen LogP contribution in [0.3, 0.4) is 0 Å². The van der Waals surface area contributed by atoms with E-state index in [1.165, 1.54) is 7.11 Å². The minimum absolute atomic E-state index is 0.341. The molecule has 2 amide bonds. The van der Waals surface area contributed by atoms with Crippen LogP contribution in [0.5, 0.6) is 0 Å². The van der Waals surface area contributed by atoms with Gasteiger partial charge < -0.3 is 15.8 Å². The van der Waals surface area contributed by atoms with Crippen molar-refractivity contribution in [2.75, 3.05) is 7.11 Å². The van der Waals surface area contributed by atoms with Gasteiger partial charge in [-0.25, -0.2) is 0 Å². The van der Waals surface area contributed by atoms with E-state index in [1.807, 2.05) is 49.4 Å². The van der Waals surface area contributed by atoms with E-state index < -0.39 is 18.1 Å². The van der Waals surface area contributed by atoms with E-state index in [2.05, 4.69) is 5.32 Å². The minimum Gasteiger partial charge on any atom is -0.368 e. The van der Waals surface area contributed by atoms with Gasteiger partial charge in [0.1, 0.15) is 6.04 Å². The number of primary amides is 1. The number of aryl methyl sites for hydroxylation is 1. The summed E-state index contributed by atoms with van der Waals surface area (Å²) in [6, 6.07) is 16.1. The van der Waals surface area contributed by atoms with Crippen LogP contribution in [0, 0.1) is 6.92 Å². The van der Waals surface area contributed by atoms with Gasteiger partial charge in [-0.2, -0.15) is 0 Å². The molecule has 0 fully saturated rings. The summed E-state index contributed by atoms with van der Waals surface area (Å²) in [6.07, 6.45) is -0.445. The Morgan fingerprint density at radius 3 is 2.42 bits per heavy atom. The Balaban J connectivity index is 2.11. The molecule has 0 bridgehead atoms. The highest BCUT2D eigenvalue weighted by Gasteiger charge is 2.25. The predicted octanol–water partition coefficient (Wildman–Crippen LogP) is 1.90. The highest BCUT2D eigenvalue weighted by atomic mass is 16.5. The van der Waals surface area contributed by atoms with Crippen LogP contribution in [0.1, 0.15) is 22.8 Å². The summed E-state index contributed by atoms with van der Waals surface area (Å²) in [7, 11) is 1.46. The van der Waals surface area contributed by atoms with Gasteiger partial charge in [-0.3, -0.25) is 9.59 Å². The Labute approximate surface area is 141 Å². The number of nitrogens with two attached hydrogens (primary N) is 1. The Morgan fingerprint density at radius 2 is 1.83 bits per heavy atom. The molecule has 0 saturated heterocycles. The van der Waals surface area contributed by atoms with Crippen molar-refractivity contribution in [3.63, 3.8) is 0 Å². The molecule has 126 valence electrons. The summed E-state index contributed by atoms with van der Waals surface area (Å²) in [5.41, 5.74) is 8.20. The number of rotatable bonds is 7. The Kier molecular flexibility index (Phi) is 6.09. The fourth-order valence-electron chi connectivity index (χ4n) is 2.57. The van der Waals surface area contributed by atoms with Crippen LogP contribution in [-0.4, -0.2) is 25.0 Å². The molecule has 2 rings (SSSR count). The summed E-state index contributed by atoms with van der Waals surface area (Å²) in [6.45, 7) is 1.97. The van der Waals surface area contributed by atoms with E-state index in [-0.39, 0.29) is 5.91 Å². The normalized spacial score (nSPS) is 13.1. The molecule has 0 spiro atoms. The quantitative estimate of drug-likeness (QED) is 0.815. The number of benzene rings is 2. The first-order valence-corrected chi connectivity index (χ1v) is 7.74. The Bertz CT molecular complexity index is 701. The molecule has 0 unspecified atom stereocenters. The van der Waals surface area contributed by atoms with E-state index in [4.69, 9.17) is 10.5 Å². The maximum atomic E-state index is 12.5. The number of nitrogens with one attached hydrogen (secondary N) is 1. The van der Waals surface area contributed by atoms with Crippen LogP contribution in [0.4, 0.5) is 0 Å². The third-order valence-electron chi connectivity index (χ3n) is 3.76. The Hall–Kier alpha value is -2.66. The molecule has 2 aromatic rings. The molecule has 2 aromatic carbocycles. The van der Waals surface area contributed by atoms with Crippen LogP contribution >= 0.6 is 0 Å². The third-order valence-corrected chi connectivity index (χ3v) is 3.76. The highest BCUT2D eigenvalue weighted by Crippen LogP contribution is 2.17. The van der Waals surface area contributed by atoms with Gasteiger partial charge in [-0.05, 0) is 18.1 Å². The van der Waals surface area contributed by atoms with Crippen molar-refractivity contribution in [2.24, 2.45) is 5.73 Å². The van der Waals surface area contributed by atoms with E-state index in [1.54, 1.807) is 12.1 Å². The smallest absolute Gasteiger partial charge is 0.254 e. The molecule has 3 N–H and O–H groups in total. The summed E-state index contributed by atoms with van der Waals surface area (Å²) >= 11 is 0. The largest absolute Gasteiger partial charge is 0.368 e. The SMILES string of the molecule is CO[C@@H](C(=O)N[C@H](Cc1cccc(C)c1)C(N)=O)c1ccccc1. The lowest BCUT2D eigenvalue weighted by atomic mass is 10.0.